The molecule has 2 fully saturated rings. The fourth-order valence-electron chi connectivity index (χ4n) is 2.82. The zero-order valence-corrected chi connectivity index (χ0v) is 10.7. The predicted molar refractivity (Wildman–Crippen MR) is 69.1 cm³/mol. The summed E-state index contributed by atoms with van der Waals surface area (Å²) >= 11 is 0. The third-order valence-electron chi connectivity index (χ3n) is 3.85. The summed E-state index contributed by atoms with van der Waals surface area (Å²) in [4.78, 5) is 14.1. The van der Waals surface area contributed by atoms with Gasteiger partial charge in [0.15, 0.2) is 0 Å². The van der Waals surface area contributed by atoms with Crippen LogP contribution in [0.15, 0.2) is 0 Å². The van der Waals surface area contributed by atoms with Gasteiger partial charge in [0.05, 0.1) is 0 Å². The molecule has 0 atom stereocenters. The first-order chi connectivity index (χ1) is 8.34. The molecule has 1 aliphatic carbocycles. The van der Waals surface area contributed by atoms with Crippen LogP contribution >= 0.6 is 0 Å². The highest BCUT2D eigenvalue weighted by Crippen LogP contribution is 2.17. The van der Waals surface area contributed by atoms with Crippen LogP contribution in [-0.4, -0.2) is 43.2 Å². The summed E-state index contributed by atoms with van der Waals surface area (Å²) in [6, 6.07) is 0.437. The second-order valence-electron chi connectivity index (χ2n) is 5.28. The Balaban J connectivity index is 1.53. The average molecular weight is 239 g/mol. The topological polar surface area (TPSA) is 44.4 Å². The van der Waals surface area contributed by atoms with Crippen LogP contribution in [0.1, 0.15) is 44.9 Å². The molecule has 1 saturated heterocycles. The lowest BCUT2D eigenvalue weighted by Gasteiger charge is -2.23. The van der Waals surface area contributed by atoms with E-state index in [1.165, 1.54) is 45.2 Å². The van der Waals surface area contributed by atoms with Crippen LogP contribution in [0.3, 0.4) is 0 Å². The van der Waals surface area contributed by atoms with E-state index in [1.807, 2.05) is 0 Å². The number of urea groups is 1. The molecule has 98 valence electrons. The molecule has 1 aliphatic heterocycles. The van der Waals surface area contributed by atoms with Crippen molar-refractivity contribution in [3.63, 3.8) is 0 Å². The molecule has 0 aromatic rings. The maximum absolute atomic E-state index is 11.6. The van der Waals surface area contributed by atoms with E-state index in [1.54, 1.807) is 0 Å². The van der Waals surface area contributed by atoms with Crippen molar-refractivity contribution in [2.24, 2.45) is 0 Å². The normalized spacial score (nSPS) is 22.6. The van der Waals surface area contributed by atoms with Crippen LogP contribution in [-0.2, 0) is 0 Å². The lowest BCUT2D eigenvalue weighted by Crippen LogP contribution is -2.44. The standard InChI is InChI=1S/C13H25N3O/c17-13(15-12-6-2-1-3-7-12)14-8-11-16-9-4-5-10-16/h12H,1-11H2,(H2,14,15,17). The highest BCUT2D eigenvalue weighted by Gasteiger charge is 2.15. The van der Waals surface area contributed by atoms with E-state index in [0.29, 0.717) is 6.04 Å². The fraction of sp³-hybridized carbons (Fsp3) is 0.923. The number of carbonyl (C=O) groups is 1. The monoisotopic (exact) mass is 239 g/mol. The Labute approximate surface area is 104 Å². The minimum Gasteiger partial charge on any atom is -0.337 e. The molecular weight excluding hydrogens is 214 g/mol. The Bertz CT molecular complexity index is 233. The summed E-state index contributed by atoms with van der Waals surface area (Å²) in [5.74, 6) is 0. The number of rotatable bonds is 4. The predicted octanol–water partition coefficient (Wildman–Crippen LogP) is 1.71. The molecule has 1 heterocycles. The highest BCUT2D eigenvalue weighted by molar-refractivity contribution is 5.74. The molecule has 0 unspecified atom stereocenters. The van der Waals surface area contributed by atoms with E-state index in [0.717, 1.165) is 25.9 Å². The largest absolute Gasteiger partial charge is 0.337 e. The van der Waals surface area contributed by atoms with Crippen LogP contribution < -0.4 is 10.6 Å². The van der Waals surface area contributed by atoms with Crippen LogP contribution in [0.25, 0.3) is 0 Å². The van der Waals surface area contributed by atoms with Crippen molar-refractivity contribution in [2.45, 2.75) is 51.0 Å². The number of amides is 2. The van der Waals surface area contributed by atoms with Crippen molar-refractivity contribution in [3.05, 3.63) is 0 Å². The van der Waals surface area contributed by atoms with E-state index in [9.17, 15) is 4.79 Å². The van der Waals surface area contributed by atoms with Gasteiger partial charge in [0.2, 0.25) is 0 Å². The van der Waals surface area contributed by atoms with Gasteiger partial charge in [0.1, 0.15) is 0 Å². The first kappa shape index (κ1) is 12.7. The molecule has 4 heteroatoms. The molecule has 2 amide bonds. The highest BCUT2D eigenvalue weighted by atomic mass is 16.2. The minimum absolute atomic E-state index is 0.0242. The zero-order chi connectivity index (χ0) is 11.9. The van der Waals surface area contributed by atoms with Crippen molar-refractivity contribution in [3.8, 4) is 0 Å². The van der Waals surface area contributed by atoms with Crippen molar-refractivity contribution in [2.75, 3.05) is 26.2 Å². The van der Waals surface area contributed by atoms with E-state index >= 15 is 0 Å². The third kappa shape index (κ3) is 4.54. The van der Waals surface area contributed by atoms with Crippen LogP contribution in [0.2, 0.25) is 0 Å². The van der Waals surface area contributed by atoms with Gasteiger partial charge in [-0.2, -0.15) is 0 Å². The molecule has 17 heavy (non-hydrogen) atoms. The van der Waals surface area contributed by atoms with Crippen molar-refractivity contribution in [1.82, 2.24) is 15.5 Å². The molecule has 2 aliphatic rings. The van der Waals surface area contributed by atoms with Gasteiger partial charge in [-0.05, 0) is 38.8 Å². The Morgan fingerprint density at radius 1 is 1.06 bits per heavy atom. The second kappa shape index (κ2) is 6.84. The second-order valence-corrected chi connectivity index (χ2v) is 5.28. The third-order valence-corrected chi connectivity index (χ3v) is 3.85. The van der Waals surface area contributed by atoms with Gasteiger partial charge >= 0.3 is 6.03 Å². The van der Waals surface area contributed by atoms with Crippen LogP contribution in [0.5, 0.6) is 0 Å². The maximum Gasteiger partial charge on any atom is 0.315 e. The first-order valence-corrected chi connectivity index (χ1v) is 7.11. The van der Waals surface area contributed by atoms with Crippen molar-refractivity contribution >= 4 is 6.03 Å². The molecule has 4 nitrogen and oxygen atoms in total. The van der Waals surface area contributed by atoms with Crippen molar-refractivity contribution < 1.29 is 4.79 Å². The maximum atomic E-state index is 11.6. The molecule has 0 spiro atoms. The first-order valence-electron chi connectivity index (χ1n) is 7.11. The number of nitrogens with zero attached hydrogens (tertiary/aromatic N) is 1. The SMILES string of the molecule is O=C(NCCN1CCCC1)NC1CCCCC1. The Hall–Kier alpha value is -0.770. The number of hydrogen-bond acceptors (Lipinski definition) is 2. The minimum atomic E-state index is 0.0242. The number of likely N-dealkylation sites (tertiary alicyclic amines) is 1. The number of nitrogens with one attached hydrogen (secondary N) is 2. The molecule has 0 radical (unpaired) electrons. The molecule has 2 rings (SSSR count). The molecule has 0 aromatic heterocycles. The van der Waals surface area contributed by atoms with Gasteiger partial charge in [0, 0.05) is 19.1 Å². The number of hydrogen-bond donors (Lipinski definition) is 2. The molecule has 0 aromatic carbocycles. The molecule has 2 N–H and O–H groups in total. The Morgan fingerprint density at radius 2 is 1.76 bits per heavy atom. The molecule has 0 bridgehead atoms. The van der Waals surface area contributed by atoms with Gasteiger partial charge in [0.25, 0.3) is 0 Å². The lowest BCUT2D eigenvalue weighted by molar-refractivity contribution is 0.230. The van der Waals surface area contributed by atoms with Gasteiger partial charge in [-0.25, -0.2) is 4.79 Å². The smallest absolute Gasteiger partial charge is 0.315 e. The fourth-order valence-corrected chi connectivity index (χ4v) is 2.82. The average Bonchev–Trinajstić information content (AvgIpc) is 2.83. The van der Waals surface area contributed by atoms with Gasteiger partial charge < -0.3 is 15.5 Å². The van der Waals surface area contributed by atoms with E-state index in [-0.39, 0.29) is 6.03 Å². The van der Waals surface area contributed by atoms with Crippen LogP contribution in [0, 0.1) is 0 Å². The zero-order valence-electron chi connectivity index (χ0n) is 10.7. The molecular formula is C13H25N3O. The summed E-state index contributed by atoms with van der Waals surface area (Å²) in [5.41, 5.74) is 0. The van der Waals surface area contributed by atoms with Gasteiger partial charge in [-0.15, -0.1) is 0 Å². The van der Waals surface area contributed by atoms with Gasteiger partial charge in [-0.1, -0.05) is 19.3 Å². The summed E-state index contributed by atoms with van der Waals surface area (Å²) in [7, 11) is 0. The van der Waals surface area contributed by atoms with E-state index < -0.39 is 0 Å². The quantitative estimate of drug-likeness (QED) is 0.784. The van der Waals surface area contributed by atoms with Crippen molar-refractivity contribution in [1.29, 1.82) is 0 Å². The Morgan fingerprint density at radius 3 is 2.47 bits per heavy atom. The van der Waals surface area contributed by atoms with Crippen LogP contribution in [0.4, 0.5) is 4.79 Å². The van der Waals surface area contributed by atoms with Gasteiger partial charge in [-0.3, -0.25) is 0 Å². The lowest BCUT2D eigenvalue weighted by atomic mass is 9.96. The van der Waals surface area contributed by atoms with E-state index in [4.69, 9.17) is 0 Å². The number of carbonyl (C=O) groups excluding carboxylic acids is 1. The summed E-state index contributed by atoms with van der Waals surface area (Å²) in [6.07, 6.45) is 8.79. The summed E-state index contributed by atoms with van der Waals surface area (Å²) < 4.78 is 0. The summed E-state index contributed by atoms with van der Waals surface area (Å²) in [5, 5.41) is 6.04. The molecule has 1 saturated carbocycles. The summed E-state index contributed by atoms with van der Waals surface area (Å²) in [6.45, 7) is 4.18. The Kier molecular flexibility index (Phi) is 5.10. The van der Waals surface area contributed by atoms with E-state index in [2.05, 4.69) is 15.5 Å².